The summed E-state index contributed by atoms with van der Waals surface area (Å²) < 4.78 is 13.0. The maximum atomic E-state index is 12.7. The summed E-state index contributed by atoms with van der Waals surface area (Å²) in [5.41, 5.74) is 0.510. The third kappa shape index (κ3) is 3.58. The monoisotopic (exact) mass is 505 g/mol. The molecule has 2 aromatic carbocycles. The third-order valence-corrected chi connectivity index (χ3v) is 7.36. The lowest BCUT2D eigenvalue weighted by atomic mass is 9.81. The van der Waals surface area contributed by atoms with Crippen molar-refractivity contribution in [2.45, 2.75) is 43.6 Å². The van der Waals surface area contributed by atoms with E-state index in [2.05, 4.69) is 4.98 Å². The Morgan fingerprint density at radius 1 is 1.00 bits per heavy atom. The fraction of sp³-hybridized carbons (Fsp3) is 0.308. The van der Waals surface area contributed by atoms with Gasteiger partial charge in [-0.05, 0) is 28.8 Å². The molecule has 3 N–H and O–H groups in total. The number of nitrogens with one attached hydrogen (secondary N) is 1. The highest BCUT2D eigenvalue weighted by molar-refractivity contribution is 6.21. The fourth-order valence-corrected chi connectivity index (χ4v) is 5.44. The van der Waals surface area contributed by atoms with Crippen LogP contribution in [0, 0.1) is 0 Å². The molecule has 11 nitrogen and oxygen atoms in total. The quantitative estimate of drug-likeness (QED) is 0.422. The zero-order chi connectivity index (χ0) is 25.9. The maximum absolute atomic E-state index is 12.7. The van der Waals surface area contributed by atoms with Crippen molar-refractivity contribution in [1.29, 1.82) is 0 Å². The number of nitrogens with zero attached hydrogens (tertiary/aromatic N) is 2. The molecule has 2 amide bonds. The molecule has 1 saturated heterocycles. The highest BCUT2D eigenvalue weighted by Crippen LogP contribution is 2.45. The predicted octanol–water partition coefficient (Wildman–Crippen LogP) is 0.0951. The van der Waals surface area contributed by atoms with Crippen LogP contribution >= 0.6 is 0 Å². The smallest absolute Gasteiger partial charge is 0.330 e. The van der Waals surface area contributed by atoms with E-state index in [0.717, 1.165) is 27.3 Å². The number of benzene rings is 2. The number of aromatic nitrogens is 2. The molecule has 3 aliphatic heterocycles. The van der Waals surface area contributed by atoms with Gasteiger partial charge in [-0.25, -0.2) is 4.79 Å². The van der Waals surface area contributed by atoms with Crippen LogP contribution in [0.2, 0.25) is 0 Å². The highest BCUT2D eigenvalue weighted by Gasteiger charge is 2.59. The van der Waals surface area contributed by atoms with Gasteiger partial charge >= 0.3 is 5.69 Å². The number of aromatic amines is 1. The van der Waals surface area contributed by atoms with Crippen LogP contribution in [0.5, 0.6) is 0 Å². The summed E-state index contributed by atoms with van der Waals surface area (Å²) in [6, 6.07) is 13.4. The standard InChI is InChI=1S/C26H23N3O8/c30-12-19-26(21(32)24(37-19)28-8-7-20(31)27-25(28)35)10-15-6-5-14(9-16(15)13-36-26)11-29-22(33)17-3-1-2-4-18(17)23(29)34/h1-9,19,21,24,30,32H,10-13H2,(H,27,31,35)/t19-,21+,24-,26-/m1/s1. The summed E-state index contributed by atoms with van der Waals surface area (Å²) in [6.07, 6.45) is -2.01. The van der Waals surface area contributed by atoms with Crippen molar-refractivity contribution in [3.8, 4) is 0 Å². The first kappa shape index (κ1) is 23.5. The van der Waals surface area contributed by atoms with Gasteiger partial charge < -0.3 is 19.7 Å². The minimum absolute atomic E-state index is 0.0788. The SMILES string of the molecule is O=C1c2ccccc2C(=O)N1Cc1ccc2c(c1)CO[C@]1(C2)[C@@H](CO)O[C@@H](n2ccc(=O)[nH]c2=O)[C@@H]1O. The molecule has 0 bridgehead atoms. The van der Waals surface area contributed by atoms with E-state index < -0.39 is 41.9 Å². The Bertz CT molecular complexity index is 1510. The zero-order valence-corrected chi connectivity index (χ0v) is 19.5. The van der Waals surface area contributed by atoms with Gasteiger partial charge in [-0.1, -0.05) is 30.3 Å². The second-order valence-corrected chi connectivity index (χ2v) is 9.43. The van der Waals surface area contributed by atoms with Crippen LogP contribution < -0.4 is 11.2 Å². The first-order chi connectivity index (χ1) is 17.8. The Balaban J connectivity index is 1.25. The number of imide groups is 1. The van der Waals surface area contributed by atoms with Gasteiger partial charge in [0.05, 0.1) is 30.9 Å². The summed E-state index contributed by atoms with van der Waals surface area (Å²) >= 11 is 0. The van der Waals surface area contributed by atoms with Gasteiger partial charge in [0, 0.05) is 18.7 Å². The number of hydrogen-bond acceptors (Lipinski definition) is 8. The molecule has 0 radical (unpaired) electrons. The van der Waals surface area contributed by atoms with E-state index in [1.165, 1.54) is 11.1 Å². The highest BCUT2D eigenvalue weighted by atomic mass is 16.6. The van der Waals surface area contributed by atoms with Crippen molar-refractivity contribution < 1.29 is 29.3 Å². The van der Waals surface area contributed by atoms with Gasteiger partial charge in [-0.2, -0.15) is 0 Å². The van der Waals surface area contributed by atoms with Crippen LogP contribution in [0.1, 0.15) is 43.6 Å². The molecule has 1 aromatic heterocycles. The first-order valence-corrected chi connectivity index (χ1v) is 11.8. The fourth-order valence-electron chi connectivity index (χ4n) is 5.44. The molecule has 11 heteroatoms. The summed E-state index contributed by atoms with van der Waals surface area (Å²) in [4.78, 5) is 52.6. The van der Waals surface area contributed by atoms with Crippen molar-refractivity contribution in [2.24, 2.45) is 0 Å². The van der Waals surface area contributed by atoms with E-state index in [1.54, 1.807) is 30.3 Å². The third-order valence-electron chi connectivity index (χ3n) is 7.36. The Morgan fingerprint density at radius 2 is 1.73 bits per heavy atom. The molecule has 37 heavy (non-hydrogen) atoms. The van der Waals surface area contributed by atoms with E-state index in [1.807, 2.05) is 12.1 Å². The average molecular weight is 505 g/mol. The molecular formula is C26H23N3O8. The molecule has 0 aliphatic carbocycles. The van der Waals surface area contributed by atoms with Gasteiger partial charge in [0.25, 0.3) is 17.4 Å². The van der Waals surface area contributed by atoms with Crippen LogP contribution in [0.3, 0.4) is 0 Å². The van der Waals surface area contributed by atoms with Crippen molar-refractivity contribution in [3.63, 3.8) is 0 Å². The lowest BCUT2D eigenvalue weighted by molar-refractivity contribution is -0.152. The molecule has 0 saturated carbocycles. The number of aliphatic hydroxyl groups excluding tert-OH is 2. The lowest BCUT2D eigenvalue weighted by Gasteiger charge is -2.40. The Hall–Kier alpha value is -3.90. The predicted molar refractivity (Wildman–Crippen MR) is 127 cm³/mol. The molecule has 4 heterocycles. The summed E-state index contributed by atoms with van der Waals surface area (Å²) in [5.74, 6) is -0.678. The Kier molecular flexibility index (Phi) is 5.46. The normalized spacial score (nSPS) is 26.5. The van der Waals surface area contributed by atoms with Crippen LogP contribution in [-0.2, 0) is 29.0 Å². The van der Waals surface area contributed by atoms with Gasteiger partial charge in [0.1, 0.15) is 17.8 Å². The minimum Gasteiger partial charge on any atom is -0.394 e. The zero-order valence-electron chi connectivity index (χ0n) is 19.5. The summed E-state index contributed by atoms with van der Waals surface area (Å²) in [7, 11) is 0. The number of carbonyl (C=O) groups is 2. The van der Waals surface area contributed by atoms with Crippen molar-refractivity contribution in [3.05, 3.63) is 103 Å². The Labute approximate surface area is 209 Å². The topological polar surface area (TPSA) is 151 Å². The van der Waals surface area contributed by atoms with Gasteiger partial charge in [-0.15, -0.1) is 0 Å². The number of ether oxygens (including phenoxy) is 2. The minimum atomic E-state index is -1.33. The van der Waals surface area contributed by atoms with Crippen molar-refractivity contribution in [2.75, 3.05) is 6.61 Å². The number of amides is 2. The second-order valence-electron chi connectivity index (χ2n) is 9.43. The van der Waals surface area contributed by atoms with Crippen LogP contribution in [-0.4, -0.2) is 60.9 Å². The molecule has 190 valence electrons. The second kappa shape index (κ2) is 8.60. The van der Waals surface area contributed by atoms with E-state index in [4.69, 9.17) is 9.47 Å². The Morgan fingerprint density at radius 3 is 2.41 bits per heavy atom. The number of carbonyl (C=O) groups excluding carboxylic acids is 2. The summed E-state index contributed by atoms with van der Waals surface area (Å²) in [5, 5.41) is 21.3. The average Bonchev–Trinajstić information content (AvgIpc) is 3.30. The van der Waals surface area contributed by atoms with Crippen LogP contribution in [0.4, 0.5) is 0 Å². The number of rotatable bonds is 4. The van der Waals surface area contributed by atoms with Crippen molar-refractivity contribution >= 4 is 11.8 Å². The molecule has 0 unspecified atom stereocenters. The van der Waals surface area contributed by atoms with Crippen LogP contribution in [0.25, 0.3) is 0 Å². The largest absolute Gasteiger partial charge is 0.394 e. The van der Waals surface area contributed by atoms with E-state index in [-0.39, 0.29) is 31.4 Å². The number of fused-ring (bicyclic) bond motifs is 2. The van der Waals surface area contributed by atoms with E-state index >= 15 is 0 Å². The number of H-pyrrole nitrogens is 1. The molecule has 6 rings (SSSR count). The first-order valence-electron chi connectivity index (χ1n) is 11.8. The summed E-state index contributed by atoms with van der Waals surface area (Å²) in [6.45, 7) is -0.277. The molecule has 3 aliphatic rings. The molecule has 1 spiro atoms. The number of hydrogen-bond donors (Lipinski definition) is 3. The molecule has 3 aromatic rings. The van der Waals surface area contributed by atoms with Gasteiger partial charge in [0.2, 0.25) is 0 Å². The van der Waals surface area contributed by atoms with Crippen molar-refractivity contribution in [1.82, 2.24) is 14.5 Å². The van der Waals surface area contributed by atoms with E-state index in [0.29, 0.717) is 11.1 Å². The van der Waals surface area contributed by atoms with E-state index in [9.17, 15) is 29.4 Å². The molecule has 4 atom stereocenters. The lowest BCUT2D eigenvalue weighted by Crippen LogP contribution is -2.55. The molecule has 1 fully saturated rings. The maximum Gasteiger partial charge on any atom is 0.330 e. The number of aliphatic hydroxyl groups is 2. The van der Waals surface area contributed by atoms with Crippen LogP contribution in [0.15, 0.2) is 64.3 Å². The van der Waals surface area contributed by atoms with Gasteiger partial charge in [-0.3, -0.25) is 28.8 Å². The van der Waals surface area contributed by atoms with Gasteiger partial charge in [0.15, 0.2) is 6.23 Å². The molecular weight excluding hydrogens is 482 g/mol.